The van der Waals surface area contributed by atoms with Crippen molar-refractivity contribution in [1.82, 2.24) is 10.3 Å². The number of rotatable bonds is 7. The highest BCUT2D eigenvalue weighted by molar-refractivity contribution is 9.10. The van der Waals surface area contributed by atoms with Gasteiger partial charge in [-0.3, -0.25) is 0 Å². The van der Waals surface area contributed by atoms with Crippen molar-refractivity contribution in [1.29, 1.82) is 0 Å². The highest BCUT2D eigenvalue weighted by atomic mass is 79.9. The lowest BCUT2D eigenvalue weighted by Crippen LogP contribution is -2.30. The molecule has 0 bridgehead atoms. The maximum atomic E-state index is 4.70. The average Bonchev–Trinajstić information content (AvgIpc) is 3.24. The van der Waals surface area contributed by atoms with E-state index < -0.39 is 0 Å². The van der Waals surface area contributed by atoms with Gasteiger partial charge >= 0.3 is 0 Å². The van der Waals surface area contributed by atoms with Crippen molar-refractivity contribution in [3.05, 3.63) is 22.3 Å². The standard InChI is InChI=1S/C15H22BrN3/c1-17-7-13-6-14(16)8-18-15(13)19(9-11-2-3-11)10-12-4-5-12/h6,8,11-12,17H,2-5,7,9-10H2,1H3. The van der Waals surface area contributed by atoms with Gasteiger partial charge in [-0.2, -0.15) is 0 Å². The van der Waals surface area contributed by atoms with Gasteiger partial charge in [0.1, 0.15) is 5.82 Å². The predicted molar refractivity (Wildman–Crippen MR) is 82.4 cm³/mol. The predicted octanol–water partition coefficient (Wildman–Crippen LogP) is 3.19. The second kappa shape index (κ2) is 5.80. The van der Waals surface area contributed by atoms with E-state index in [1.807, 2.05) is 13.2 Å². The summed E-state index contributed by atoms with van der Waals surface area (Å²) in [5.74, 6) is 3.01. The summed E-state index contributed by atoms with van der Waals surface area (Å²) >= 11 is 3.53. The van der Waals surface area contributed by atoms with E-state index >= 15 is 0 Å². The third-order valence-electron chi connectivity index (χ3n) is 3.93. The molecule has 1 N–H and O–H groups in total. The summed E-state index contributed by atoms with van der Waals surface area (Å²) in [5.41, 5.74) is 1.30. The lowest BCUT2D eigenvalue weighted by atomic mass is 10.2. The van der Waals surface area contributed by atoms with E-state index in [0.29, 0.717) is 0 Å². The summed E-state index contributed by atoms with van der Waals surface area (Å²) in [6.07, 6.45) is 7.54. The summed E-state index contributed by atoms with van der Waals surface area (Å²) in [6.45, 7) is 3.28. The van der Waals surface area contributed by atoms with Gasteiger partial charge < -0.3 is 10.2 Å². The van der Waals surface area contributed by atoms with Crippen molar-refractivity contribution >= 4 is 21.7 Å². The van der Waals surface area contributed by atoms with Crippen LogP contribution < -0.4 is 10.2 Å². The minimum Gasteiger partial charge on any atom is -0.356 e. The van der Waals surface area contributed by atoms with Gasteiger partial charge in [0.05, 0.1) is 0 Å². The molecule has 0 aliphatic heterocycles. The number of anilines is 1. The highest BCUT2D eigenvalue weighted by Gasteiger charge is 2.30. The minimum absolute atomic E-state index is 0.883. The Morgan fingerprint density at radius 2 is 1.89 bits per heavy atom. The van der Waals surface area contributed by atoms with Gasteiger partial charge in [-0.05, 0) is 66.6 Å². The molecule has 3 nitrogen and oxygen atoms in total. The van der Waals surface area contributed by atoms with Gasteiger partial charge in [-0.25, -0.2) is 4.98 Å². The summed E-state index contributed by atoms with van der Waals surface area (Å²) in [7, 11) is 2.00. The van der Waals surface area contributed by atoms with E-state index in [1.54, 1.807) is 0 Å². The number of nitrogens with zero attached hydrogens (tertiary/aromatic N) is 2. The van der Waals surface area contributed by atoms with Crippen molar-refractivity contribution in [2.45, 2.75) is 32.2 Å². The molecule has 2 fully saturated rings. The zero-order valence-electron chi connectivity index (χ0n) is 11.5. The van der Waals surface area contributed by atoms with Crippen LogP contribution in [0, 0.1) is 11.8 Å². The van der Waals surface area contributed by atoms with Crippen LogP contribution in [-0.2, 0) is 6.54 Å². The summed E-state index contributed by atoms with van der Waals surface area (Å²) in [4.78, 5) is 7.23. The van der Waals surface area contributed by atoms with E-state index in [4.69, 9.17) is 4.98 Å². The van der Waals surface area contributed by atoms with E-state index in [2.05, 4.69) is 32.2 Å². The monoisotopic (exact) mass is 323 g/mol. The summed E-state index contributed by atoms with van der Waals surface area (Å²) in [5, 5.41) is 3.26. The molecule has 0 saturated heterocycles. The van der Waals surface area contributed by atoms with Gasteiger partial charge in [-0.1, -0.05) is 0 Å². The molecule has 1 aromatic heterocycles. The van der Waals surface area contributed by atoms with E-state index in [-0.39, 0.29) is 0 Å². The fourth-order valence-electron chi connectivity index (χ4n) is 2.55. The van der Waals surface area contributed by atoms with Crippen molar-refractivity contribution in [2.75, 3.05) is 25.0 Å². The largest absolute Gasteiger partial charge is 0.356 e. The molecule has 2 aliphatic carbocycles. The first kappa shape index (κ1) is 13.4. The Balaban J connectivity index is 1.81. The molecule has 2 aliphatic rings. The van der Waals surface area contributed by atoms with Crippen LogP contribution in [0.4, 0.5) is 5.82 Å². The zero-order chi connectivity index (χ0) is 13.2. The normalized spacial score (nSPS) is 18.6. The molecule has 104 valence electrons. The first-order chi connectivity index (χ1) is 9.26. The fraction of sp³-hybridized carbons (Fsp3) is 0.667. The topological polar surface area (TPSA) is 28.2 Å². The second-order valence-electron chi connectivity index (χ2n) is 5.96. The van der Waals surface area contributed by atoms with E-state index in [0.717, 1.165) is 22.9 Å². The molecule has 1 aromatic rings. The Bertz CT molecular complexity index is 427. The lowest BCUT2D eigenvalue weighted by Gasteiger charge is -2.26. The lowest BCUT2D eigenvalue weighted by molar-refractivity contribution is 0.664. The van der Waals surface area contributed by atoms with Gasteiger partial charge in [-0.15, -0.1) is 0 Å². The molecule has 4 heteroatoms. The Labute approximate surface area is 123 Å². The molecule has 0 amide bonds. The van der Waals surface area contributed by atoms with E-state index in [9.17, 15) is 0 Å². The van der Waals surface area contributed by atoms with Crippen LogP contribution in [0.1, 0.15) is 31.2 Å². The van der Waals surface area contributed by atoms with Crippen molar-refractivity contribution < 1.29 is 0 Å². The SMILES string of the molecule is CNCc1cc(Br)cnc1N(CC1CC1)CC1CC1. The third kappa shape index (κ3) is 3.69. The molecule has 1 heterocycles. The van der Waals surface area contributed by atoms with Gasteiger partial charge in [0.15, 0.2) is 0 Å². The van der Waals surface area contributed by atoms with Crippen LogP contribution >= 0.6 is 15.9 Å². The van der Waals surface area contributed by atoms with Gasteiger partial charge in [0, 0.05) is 35.9 Å². The molecule has 19 heavy (non-hydrogen) atoms. The van der Waals surface area contributed by atoms with Crippen molar-refractivity contribution in [3.63, 3.8) is 0 Å². The summed E-state index contributed by atoms with van der Waals surface area (Å²) < 4.78 is 1.07. The Kier molecular flexibility index (Phi) is 4.08. The molecule has 0 radical (unpaired) electrons. The van der Waals surface area contributed by atoms with Gasteiger partial charge in [0.2, 0.25) is 0 Å². The molecular weight excluding hydrogens is 302 g/mol. The fourth-order valence-corrected chi connectivity index (χ4v) is 2.93. The number of hydrogen-bond donors (Lipinski definition) is 1. The van der Waals surface area contributed by atoms with Crippen LogP contribution in [-0.4, -0.2) is 25.1 Å². The molecular formula is C15H22BrN3. The molecule has 2 saturated carbocycles. The highest BCUT2D eigenvalue weighted by Crippen LogP contribution is 2.36. The van der Waals surface area contributed by atoms with Gasteiger partial charge in [0.25, 0.3) is 0 Å². The smallest absolute Gasteiger partial charge is 0.133 e. The number of hydrogen-bond acceptors (Lipinski definition) is 3. The molecule has 0 spiro atoms. The van der Waals surface area contributed by atoms with Crippen molar-refractivity contribution in [3.8, 4) is 0 Å². The van der Waals surface area contributed by atoms with Crippen molar-refractivity contribution in [2.24, 2.45) is 11.8 Å². The second-order valence-corrected chi connectivity index (χ2v) is 6.87. The van der Waals surface area contributed by atoms with Crippen LogP contribution in [0.2, 0.25) is 0 Å². The molecule has 3 rings (SSSR count). The summed E-state index contributed by atoms with van der Waals surface area (Å²) in [6, 6.07) is 2.20. The number of aromatic nitrogens is 1. The Morgan fingerprint density at radius 3 is 2.42 bits per heavy atom. The average molecular weight is 324 g/mol. The maximum Gasteiger partial charge on any atom is 0.133 e. The van der Waals surface area contributed by atoms with Crippen LogP contribution in [0.15, 0.2) is 16.7 Å². The molecule has 0 aromatic carbocycles. The first-order valence-corrected chi connectivity index (χ1v) is 8.09. The number of nitrogens with one attached hydrogen (secondary N) is 1. The number of pyridine rings is 1. The number of halogens is 1. The third-order valence-corrected chi connectivity index (χ3v) is 4.36. The zero-order valence-corrected chi connectivity index (χ0v) is 13.1. The Hall–Kier alpha value is -0.610. The minimum atomic E-state index is 0.883. The first-order valence-electron chi connectivity index (χ1n) is 7.30. The van der Waals surface area contributed by atoms with Crippen LogP contribution in [0.3, 0.4) is 0 Å². The molecule has 0 unspecified atom stereocenters. The maximum absolute atomic E-state index is 4.70. The molecule has 0 atom stereocenters. The van der Waals surface area contributed by atoms with Crippen LogP contribution in [0.25, 0.3) is 0 Å². The Morgan fingerprint density at radius 1 is 1.26 bits per heavy atom. The van der Waals surface area contributed by atoms with Crippen LogP contribution in [0.5, 0.6) is 0 Å². The quantitative estimate of drug-likeness (QED) is 0.835. The van der Waals surface area contributed by atoms with E-state index in [1.165, 1.54) is 50.2 Å².